The molecule has 0 amide bonds. The van der Waals surface area contributed by atoms with Crippen LogP contribution >= 0.6 is 15.9 Å². The Hall–Kier alpha value is -1.20. The van der Waals surface area contributed by atoms with Gasteiger partial charge in [0, 0.05) is 11.0 Å². The molecule has 0 spiro atoms. The van der Waals surface area contributed by atoms with Crippen LogP contribution < -0.4 is 5.32 Å². The Morgan fingerprint density at radius 2 is 2.31 bits per heavy atom. The van der Waals surface area contributed by atoms with Crippen molar-refractivity contribution in [2.24, 2.45) is 0 Å². The molecule has 0 unspecified atom stereocenters. The average molecular weight is 285 g/mol. The average Bonchev–Trinajstić information content (AvgIpc) is 2.67. The van der Waals surface area contributed by atoms with E-state index in [9.17, 15) is 4.39 Å². The molecular weight excluding hydrogens is 275 g/mol. The van der Waals surface area contributed by atoms with E-state index in [1.807, 2.05) is 0 Å². The molecule has 16 heavy (non-hydrogen) atoms. The summed E-state index contributed by atoms with van der Waals surface area (Å²) < 4.78 is 19.6. The minimum Gasteiger partial charge on any atom is -0.443 e. The zero-order chi connectivity index (χ0) is 11.5. The van der Waals surface area contributed by atoms with Crippen molar-refractivity contribution >= 4 is 15.9 Å². The van der Waals surface area contributed by atoms with E-state index in [1.165, 1.54) is 12.5 Å². The largest absolute Gasteiger partial charge is 0.443 e. The number of oxazole rings is 1. The predicted octanol–water partition coefficient (Wildman–Crippen LogP) is 2.96. The van der Waals surface area contributed by atoms with Crippen molar-refractivity contribution in [3.63, 3.8) is 0 Å². The molecule has 2 aromatic rings. The number of rotatable bonds is 3. The normalized spacial score (nSPS) is 10.7. The topological polar surface area (TPSA) is 38.1 Å². The maximum atomic E-state index is 13.7. The summed E-state index contributed by atoms with van der Waals surface area (Å²) in [5.74, 6) is 0.142. The van der Waals surface area contributed by atoms with Crippen LogP contribution in [0.1, 0.15) is 5.69 Å². The Labute approximate surface area is 101 Å². The Bertz CT molecular complexity index is 498. The van der Waals surface area contributed by atoms with E-state index >= 15 is 0 Å². The third-order valence-corrected chi connectivity index (χ3v) is 2.65. The summed E-state index contributed by atoms with van der Waals surface area (Å²) in [5.41, 5.74) is 1.12. The molecule has 1 aromatic carbocycles. The van der Waals surface area contributed by atoms with Crippen LogP contribution in [0.2, 0.25) is 0 Å². The van der Waals surface area contributed by atoms with Crippen LogP contribution in [-0.2, 0) is 6.54 Å². The molecule has 1 N–H and O–H groups in total. The number of nitrogens with zero attached hydrogens (tertiary/aromatic N) is 1. The Morgan fingerprint density at radius 1 is 1.50 bits per heavy atom. The van der Waals surface area contributed by atoms with Gasteiger partial charge in [0.05, 0.1) is 5.56 Å². The first-order valence-corrected chi connectivity index (χ1v) is 5.54. The summed E-state index contributed by atoms with van der Waals surface area (Å²) in [7, 11) is 1.80. The first kappa shape index (κ1) is 11.3. The second-order valence-electron chi connectivity index (χ2n) is 3.28. The lowest BCUT2D eigenvalue weighted by molar-refractivity contribution is 0.559. The molecule has 0 aliphatic heterocycles. The van der Waals surface area contributed by atoms with Crippen molar-refractivity contribution in [1.29, 1.82) is 0 Å². The van der Waals surface area contributed by atoms with Crippen molar-refractivity contribution in [2.75, 3.05) is 7.05 Å². The van der Waals surface area contributed by atoms with Gasteiger partial charge in [-0.2, -0.15) is 0 Å². The lowest BCUT2D eigenvalue weighted by Gasteiger charge is -2.02. The molecule has 0 radical (unpaired) electrons. The van der Waals surface area contributed by atoms with Gasteiger partial charge in [-0.3, -0.25) is 0 Å². The van der Waals surface area contributed by atoms with Gasteiger partial charge in [0.25, 0.3) is 0 Å². The molecule has 0 saturated carbocycles. The van der Waals surface area contributed by atoms with Gasteiger partial charge in [0.15, 0.2) is 12.2 Å². The first-order chi connectivity index (χ1) is 7.72. The fourth-order valence-corrected chi connectivity index (χ4v) is 1.79. The second-order valence-corrected chi connectivity index (χ2v) is 4.20. The summed E-state index contributed by atoms with van der Waals surface area (Å²) in [6.07, 6.45) is 1.32. The summed E-state index contributed by atoms with van der Waals surface area (Å²) in [6.45, 7) is 0.543. The van der Waals surface area contributed by atoms with E-state index in [-0.39, 0.29) is 5.82 Å². The van der Waals surface area contributed by atoms with Crippen LogP contribution in [0.5, 0.6) is 0 Å². The molecule has 0 aliphatic carbocycles. The Kier molecular flexibility index (Phi) is 3.36. The zero-order valence-corrected chi connectivity index (χ0v) is 10.2. The minimum atomic E-state index is -0.330. The highest BCUT2D eigenvalue weighted by molar-refractivity contribution is 9.10. The third-order valence-electron chi connectivity index (χ3n) is 2.16. The number of nitrogens with one attached hydrogen (secondary N) is 1. The van der Waals surface area contributed by atoms with E-state index in [0.717, 1.165) is 0 Å². The van der Waals surface area contributed by atoms with E-state index < -0.39 is 0 Å². The SMILES string of the molecule is CNCc1ncoc1-c1ccc(Br)cc1F. The third kappa shape index (κ3) is 2.15. The van der Waals surface area contributed by atoms with Gasteiger partial charge in [-0.15, -0.1) is 0 Å². The van der Waals surface area contributed by atoms with Gasteiger partial charge in [0.2, 0.25) is 0 Å². The lowest BCUT2D eigenvalue weighted by atomic mass is 10.1. The molecule has 3 nitrogen and oxygen atoms in total. The number of hydrogen-bond donors (Lipinski definition) is 1. The predicted molar refractivity (Wildman–Crippen MR) is 62.4 cm³/mol. The Morgan fingerprint density at radius 3 is 3.00 bits per heavy atom. The smallest absolute Gasteiger partial charge is 0.181 e. The van der Waals surface area contributed by atoms with Crippen LogP contribution in [0.3, 0.4) is 0 Å². The van der Waals surface area contributed by atoms with Gasteiger partial charge < -0.3 is 9.73 Å². The van der Waals surface area contributed by atoms with Crippen molar-refractivity contribution in [2.45, 2.75) is 6.54 Å². The summed E-state index contributed by atoms with van der Waals surface area (Å²) in [6, 6.07) is 4.84. The summed E-state index contributed by atoms with van der Waals surface area (Å²) in [4.78, 5) is 4.04. The maximum Gasteiger partial charge on any atom is 0.181 e. The monoisotopic (exact) mass is 284 g/mol. The van der Waals surface area contributed by atoms with E-state index in [2.05, 4.69) is 26.2 Å². The molecule has 0 saturated heterocycles. The van der Waals surface area contributed by atoms with Crippen LogP contribution in [0.4, 0.5) is 4.39 Å². The van der Waals surface area contributed by atoms with Crippen molar-refractivity contribution in [3.8, 4) is 11.3 Å². The fraction of sp³-hybridized carbons (Fsp3) is 0.182. The molecule has 2 rings (SSSR count). The van der Waals surface area contributed by atoms with Crippen LogP contribution in [-0.4, -0.2) is 12.0 Å². The van der Waals surface area contributed by atoms with E-state index in [4.69, 9.17) is 4.42 Å². The highest BCUT2D eigenvalue weighted by atomic mass is 79.9. The molecule has 0 aliphatic rings. The molecule has 84 valence electrons. The van der Waals surface area contributed by atoms with E-state index in [0.29, 0.717) is 28.0 Å². The van der Waals surface area contributed by atoms with Crippen molar-refractivity contribution in [1.82, 2.24) is 10.3 Å². The summed E-state index contributed by atoms with van der Waals surface area (Å²) in [5, 5.41) is 2.96. The molecule has 5 heteroatoms. The summed E-state index contributed by atoms with van der Waals surface area (Å²) >= 11 is 3.21. The molecule has 0 bridgehead atoms. The first-order valence-electron chi connectivity index (χ1n) is 4.74. The van der Waals surface area contributed by atoms with Crippen LogP contribution in [0, 0.1) is 5.82 Å². The van der Waals surface area contributed by atoms with Crippen LogP contribution in [0.25, 0.3) is 11.3 Å². The van der Waals surface area contributed by atoms with Crippen molar-refractivity contribution < 1.29 is 8.81 Å². The molecule has 1 aromatic heterocycles. The quantitative estimate of drug-likeness (QED) is 0.942. The number of benzene rings is 1. The second kappa shape index (κ2) is 4.76. The number of hydrogen-bond acceptors (Lipinski definition) is 3. The zero-order valence-electron chi connectivity index (χ0n) is 8.63. The number of aromatic nitrogens is 1. The Balaban J connectivity index is 2.46. The standard InChI is InChI=1S/C11H10BrFN2O/c1-14-5-10-11(16-6-15-10)8-3-2-7(12)4-9(8)13/h2-4,6,14H,5H2,1H3. The van der Waals surface area contributed by atoms with Crippen molar-refractivity contribution in [3.05, 3.63) is 40.6 Å². The highest BCUT2D eigenvalue weighted by Crippen LogP contribution is 2.27. The van der Waals surface area contributed by atoms with Gasteiger partial charge in [-0.05, 0) is 25.2 Å². The van der Waals surface area contributed by atoms with Gasteiger partial charge in [-0.1, -0.05) is 15.9 Å². The molecule has 0 atom stereocenters. The minimum absolute atomic E-state index is 0.330. The van der Waals surface area contributed by atoms with Gasteiger partial charge in [-0.25, -0.2) is 9.37 Å². The molecular formula is C11H10BrFN2O. The molecule has 0 fully saturated rings. The van der Waals surface area contributed by atoms with Gasteiger partial charge >= 0.3 is 0 Å². The maximum absolute atomic E-state index is 13.7. The van der Waals surface area contributed by atoms with Gasteiger partial charge in [0.1, 0.15) is 11.5 Å². The highest BCUT2D eigenvalue weighted by Gasteiger charge is 2.14. The fourth-order valence-electron chi connectivity index (χ4n) is 1.46. The van der Waals surface area contributed by atoms with Crippen LogP contribution in [0.15, 0.2) is 33.5 Å². The van der Waals surface area contributed by atoms with E-state index in [1.54, 1.807) is 19.2 Å². The lowest BCUT2D eigenvalue weighted by Crippen LogP contribution is -2.06. The molecule has 1 heterocycles. The number of halogens is 2.